The predicted octanol–water partition coefficient (Wildman–Crippen LogP) is 1.44. The maximum atomic E-state index is 12.1. The van der Waals surface area contributed by atoms with Crippen molar-refractivity contribution in [2.24, 2.45) is 5.92 Å². The molecule has 2 N–H and O–H groups in total. The Morgan fingerprint density at radius 3 is 3.05 bits per heavy atom. The largest absolute Gasteiger partial charge is 0.378 e. The number of carbonyl (C=O) groups is 1. The van der Waals surface area contributed by atoms with Crippen LogP contribution in [0.25, 0.3) is 0 Å². The third-order valence-electron chi connectivity index (χ3n) is 4.54. The van der Waals surface area contributed by atoms with E-state index in [0.717, 1.165) is 49.8 Å². The molecule has 1 aromatic heterocycles. The van der Waals surface area contributed by atoms with Gasteiger partial charge in [-0.25, -0.2) is 0 Å². The van der Waals surface area contributed by atoms with Gasteiger partial charge in [-0.05, 0) is 37.7 Å². The molecule has 2 heterocycles. The fourth-order valence-corrected chi connectivity index (χ4v) is 3.02. The Balaban J connectivity index is 1.45. The number of aromatic amines is 1. The predicted molar refractivity (Wildman–Crippen MR) is 83.1 cm³/mol. The smallest absolute Gasteiger partial charge is 0.222 e. The lowest BCUT2D eigenvalue weighted by molar-refractivity contribution is -0.130. The van der Waals surface area contributed by atoms with Crippen LogP contribution in [0.2, 0.25) is 0 Å². The molecule has 1 aliphatic carbocycles. The molecule has 2 aliphatic rings. The van der Waals surface area contributed by atoms with E-state index in [9.17, 15) is 4.79 Å². The summed E-state index contributed by atoms with van der Waals surface area (Å²) in [5, 5.41) is 10.8. The monoisotopic (exact) mass is 306 g/mol. The Hall–Kier alpha value is -1.40. The van der Waals surface area contributed by atoms with E-state index in [2.05, 4.69) is 20.4 Å². The number of nitrogens with zero attached hydrogens (tertiary/aromatic N) is 2. The molecule has 1 unspecified atom stereocenters. The molecule has 1 saturated carbocycles. The maximum Gasteiger partial charge on any atom is 0.222 e. The zero-order chi connectivity index (χ0) is 15.4. The molecule has 3 rings (SSSR count). The first-order chi connectivity index (χ1) is 10.7. The fourth-order valence-electron chi connectivity index (χ4n) is 3.02. The first-order valence-electron chi connectivity index (χ1n) is 8.28. The van der Waals surface area contributed by atoms with Crippen molar-refractivity contribution in [1.82, 2.24) is 20.4 Å². The molecule has 122 valence electrons. The molecule has 0 spiro atoms. The van der Waals surface area contributed by atoms with Gasteiger partial charge in [0.2, 0.25) is 5.91 Å². The summed E-state index contributed by atoms with van der Waals surface area (Å²) in [6.45, 7) is 3.16. The van der Waals surface area contributed by atoms with Gasteiger partial charge in [-0.15, -0.1) is 0 Å². The summed E-state index contributed by atoms with van der Waals surface area (Å²) in [6.07, 6.45) is 5.23. The van der Waals surface area contributed by atoms with Crippen molar-refractivity contribution < 1.29 is 9.53 Å². The standard InChI is InChI=1S/C16H26N4O2/c1-22-11-15-8-14(18-19-15)9-17-13-4-5-16(21)20(7-6-13)10-12-2-3-12/h8,12-13,17H,2-7,9-11H2,1H3,(H,18,19). The Labute approximate surface area is 131 Å². The fraction of sp³-hybridized carbons (Fsp3) is 0.750. The van der Waals surface area contributed by atoms with Crippen LogP contribution in [0.5, 0.6) is 0 Å². The number of hydrogen-bond donors (Lipinski definition) is 2. The molecule has 6 heteroatoms. The summed E-state index contributed by atoms with van der Waals surface area (Å²) < 4.78 is 5.08. The van der Waals surface area contributed by atoms with Crippen LogP contribution in [0.4, 0.5) is 0 Å². The molecule has 0 radical (unpaired) electrons. The van der Waals surface area contributed by atoms with E-state index < -0.39 is 0 Å². The van der Waals surface area contributed by atoms with Gasteiger partial charge in [0, 0.05) is 39.2 Å². The van der Waals surface area contributed by atoms with Gasteiger partial charge in [-0.2, -0.15) is 5.10 Å². The summed E-state index contributed by atoms with van der Waals surface area (Å²) in [6, 6.07) is 2.42. The van der Waals surface area contributed by atoms with E-state index in [1.165, 1.54) is 12.8 Å². The number of methoxy groups -OCH3 is 1. The maximum absolute atomic E-state index is 12.1. The van der Waals surface area contributed by atoms with Gasteiger partial charge in [0.1, 0.15) is 0 Å². The first kappa shape index (κ1) is 15.5. The second kappa shape index (κ2) is 7.24. The Morgan fingerprint density at radius 2 is 2.27 bits per heavy atom. The van der Waals surface area contributed by atoms with E-state index in [1.807, 2.05) is 6.07 Å². The number of hydrogen-bond acceptors (Lipinski definition) is 4. The zero-order valence-corrected chi connectivity index (χ0v) is 13.3. The average Bonchev–Trinajstić information content (AvgIpc) is 3.25. The Bertz CT molecular complexity index is 498. The summed E-state index contributed by atoms with van der Waals surface area (Å²) in [5.41, 5.74) is 1.99. The number of nitrogens with one attached hydrogen (secondary N) is 2. The lowest BCUT2D eigenvalue weighted by Crippen LogP contribution is -2.33. The molecule has 6 nitrogen and oxygen atoms in total. The van der Waals surface area contributed by atoms with Crippen LogP contribution in [-0.2, 0) is 22.7 Å². The third kappa shape index (κ3) is 4.30. The highest BCUT2D eigenvalue weighted by Crippen LogP contribution is 2.30. The van der Waals surface area contributed by atoms with Crippen LogP contribution in [0, 0.1) is 5.92 Å². The molecule has 0 aromatic carbocycles. The molecular formula is C16H26N4O2. The Kier molecular flexibility index (Phi) is 5.10. The van der Waals surface area contributed by atoms with Crippen molar-refractivity contribution in [2.45, 2.75) is 51.3 Å². The van der Waals surface area contributed by atoms with Crippen molar-refractivity contribution in [1.29, 1.82) is 0 Å². The van der Waals surface area contributed by atoms with Crippen molar-refractivity contribution in [3.8, 4) is 0 Å². The summed E-state index contributed by atoms with van der Waals surface area (Å²) in [4.78, 5) is 14.2. The summed E-state index contributed by atoms with van der Waals surface area (Å²) in [5.74, 6) is 1.11. The molecule has 1 saturated heterocycles. The molecule has 1 aliphatic heterocycles. The van der Waals surface area contributed by atoms with Gasteiger partial charge >= 0.3 is 0 Å². The lowest BCUT2D eigenvalue weighted by atomic mass is 10.1. The van der Waals surface area contributed by atoms with E-state index in [0.29, 0.717) is 25.0 Å². The molecule has 1 amide bonds. The van der Waals surface area contributed by atoms with Gasteiger partial charge in [0.25, 0.3) is 0 Å². The molecule has 2 fully saturated rings. The third-order valence-corrected chi connectivity index (χ3v) is 4.54. The van der Waals surface area contributed by atoms with Gasteiger partial charge in [0.05, 0.1) is 18.0 Å². The van der Waals surface area contributed by atoms with Crippen molar-refractivity contribution in [3.05, 3.63) is 17.5 Å². The summed E-state index contributed by atoms with van der Waals surface area (Å²) >= 11 is 0. The van der Waals surface area contributed by atoms with Gasteiger partial charge in [-0.3, -0.25) is 9.89 Å². The van der Waals surface area contributed by atoms with Crippen molar-refractivity contribution in [3.63, 3.8) is 0 Å². The number of aromatic nitrogens is 2. The molecule has 1 aromatic rings. The van der Waals surface area contributed by atoms with E-state index in [4.69, 9.17) is 4.74 Å². The van der Waals surface area contributed by atoms with Crippen LogP contribution in [0.3, 0.4) is 0 Å². The topological polar surface area (TPSA) is 70.2 Å². The van der Waals surface area contributed by atoms with Crippen LogP contribution >= 0.6 is 0 Å². The highest BCUT2D eigenvalue weighted by molar-refractivity contribution is 5.76. The number of ether oxygens (including phenoxy) is 1. The number of likely N-dealkylation sites (tertiary alicyclic amines) is 1. The van der Waals surface area contributed by atoms with Crippen molar-refractivity contribution >= 4 is 5.91 Å². The van der Waals surface area contributed by atoms with Gasteiger partial charge in [-0.1, -0.05) is 0 Å². The van der Waals surface area contributed by atoms with E-state index in [1.54, 1.807) is 7.11 Å². The molecule has 1 atom stereocenters. The highest BCUT2D eigenvalue weighted by Gasteiger charge is 2.29. The van der Waals surface area contributed by atoms with Gasteiger partial charge < -0.3 is 15.0 Å². The van der Waals surface area contributed by atoms with Gasteiger partial charge in [0.15, 0.2) is 0 Å². The van der Waals surface area contributed by atoms with Crippen LogP contribution < -0.4 is 5.32 Å². The second-order valence-corrected chi connectivity index (χ2v) is 6.51. The zero-order valence-electron chi connectivity index (χ0n) is 13.3. The minimum atomic E-state index is 0.332. The minimum absolute atomic E-state index is 0.332. The van der Waals surface area contributed by atoms with Crippen LogP contribution in [0.15, 0.2) is 6.07 Å². The molecule has 0 bridgehead atoms. The normalized spacial score (nSPS) is 22.9. The Morgan fingerprint density at radius 1 is 1.41 bits per heavy atom. The summed E-state index contributed by atoms with van der Waals surface area (Å²) in [7, 11) is 1.68. The SMILES string of the molecule is COCc1cc(CNC2CCC(=O)N(CC3CC3)CC2)n[nH]1. The van der Waals surface area contributed by atoms with E-state index in [-0.39, 0.29) is 0 Å². The number of rotatable bonds is 7. The number of carbonyl (C=O) groups excluding carboxylic acids is 1. The van der Waals surface area contributed by atoms with Crippen LogP contribution in [-0.4, -0.2) is 47.2 Å². The first-order valence-corrected chi connectivity index (χ1v) is 8.28. The highest BCUT2D eigenvalue weighted by atomic mass is 16.5. The number of H-pyrrole nitrogens is 1. The van der Waals surface area contributed by atoms with E-state index >= 15 is 0 Å². The minimum Gasteiger partial charge on any atom is -0.378 e. The van der Waals surface area contributed by atoms with Crippen molar-refractivity contribution in [2.75, 3.05) is 20.2 Å². The lowest BCUT2D eigenvalue weighted by Gasteiger charge is -2.20. The quantitative estimate of drug-likeness (QED) is 0.799. The molecule has 22 heavy (non-hydrogen) atoms. The molecular weight excluding hydrogens is 280 g/mol. The van der Waals surface area contributed by atoms with Crippen LogP contribution in [0.1, 0.15) is 43.5 Å². The average molecular weight is 306 g/mol. The second-order valence-electron chi connectivity index (χ2n) is 6.51. The number of amides is 1.